The van der Waals surface area contributed by atoms with Crippen LogP contribution in [0.5, 0.6) is 11.5 Å². The highest BCUT2D eigenvalue weighted by molar-refractivity contribution is 6.32. The molecule has 0 N–H and O–H groups in total. The Morgan fingerprint density at radius 3 is 2.38 bits per heavy atom. The van der Waals surface area contributed by atoms with Crippen LogP contribution in [0.25, 0.3) is 0 Å². The number of anilines is 1. The number of carbonyl (C=O) groups excluding carboxylic acids is 2. The molecule has 2 aliphatic rings. The van der Waals surface area contributed by atoms with E-state index in [1.165, 1.54) is 10.5 Å². The number of halogens is 1. The summed E-state index contributed by atoms with van der Waals surface area (Å²) in [4.78, 5) is 29.1. The smallest absolute Gasteiger partial charge is 0.251 e. The average molecular weight is 415 g/mol. The molecule has 2 aromatic rings. The van der Waals surface area contributed by atoms with Gasteiger partial charge in [-0.15, -0.1) is 0 Å². The molecule has 0 aromatic heterocycles. The average Bonchev–Trinajstić information content (AvgIpc) is 3.02. The van der Waals surface area contributed by atoms with Crippen LogP contribution in [0, 0.1) is 6.92 Å². The minimum atomic E-state index is -0.469. The van der Waals surface area contributed by atoms with E-state index in [1.807, 2.05) is 25.1 Å². The molecule has 152 valence electrons. The SMILES string of the molecule is COc1cc2c(cc1OC)CN(C1CC(=O)N(c3ccc(C)c(Cl)c3)C1=O)CC2. The fraction of sp³-hybridized carbons (Fsp3) is 0.364. The summed E-state index contributed by atoms with van der Waals surface area (Å²) < 4.78 is 10.8. The zero-order chi connectivity index (χ0) is 20.7. The van der Waals surface area contributed by atoms with Gasteiger partial charge in [0.2, 0.25) is 5.91 Å². The molecule has 0 saturated carbocycles. The van der Waals surface area contributed by atoms with Crippen molar-refractivity contribution >= 4 is 29.1 Å². The Morgan fingerprint density at radius 2 is 1.72 bits per heavy atom. The quantitative estimate of drug-likeness (QED) is 0.718. The Balaban J connectivity index is 1.58. The topological polar surface area (TPSA) is 59.1 Å². The fourth-order valence-corrected chi connectivity index (χ4v) is 4.24. The lowest BCUT2D eigenvalue weighted by atomic mass is 9.97. The highest BCUT2D eigenvalue weighted by Gasteiger charge is 2.43. The summed E-state index contributed by atoms with van der Waals surface area (Å²) in [6.45, 7) is 3.17. The van der Waals surface area contributed by atoms with E-state index in [-0.39, 0.29) is 18.2 Å². The maximum atomic E-state index is 13.1. The Morgan fingerprint density at radius 1 is 1.03 bits per heavy atom. The zero-order valence-corrected chi connectivity index (χ0v) is 17.5. The molecule has 1 saturated heterocycles. The number of carbonyl (C=O) groups is 2. The Labute approximate surface area is 174 Å². The van der Waals surface area contributed by atoms with Crippen LogP contribution in [-0.2, 0) is 22.6 Å². The van der Waals surface area contributed by atoms with Crippen molar-refractivity contribution in [3.8, 4) is 11.5 Å². The molecule has 29 heavy (non-hydrogen) atoms. The summed E-state index contributed by atoms with van der Waals surface area (Å²) in [5.41, 5.74) is 3.70. The van der Waals surface area contributed by atoms with Crippen molar-refractivity contribution in [3.05, 3.63) is 52.0 Å². The number of fused-ring (bicyclic) bond motifs is 1. The van der Waals surface area contributed by atoms with Crippen LogP contribution in [0.2, 0.25) is 5.02 Å². The van der Waals surface area contributed by atoms with E-state index in [1.54, 1.807) is 26.4 Å². The van der Waals surface area contributed by atoms with Gasteiger partial charge in [0.15, 0.2) is 11.5 Å². The van der Waals surface area contributed by atoms with Crippen molar-refractivity contribution in [3.63, 3.8) is 0 Å². The first-order chi connectivity index (χ1) is 13.9. The second-order valence-electron chi connectivity index (χ2n) is 7.42. The number of rotatable bonds is 4. The second-order valence-corrected chi connectivity index (χ2v) is 7.82. The van der Waals surface area contributed by atoms with Crippen LogP contribution in [0.15, 0.2) is 30.3 Å². The minimum Gasteiger partial charge on any atom is -0.493 e. The van der Waals surface area contributed by atoms with Gasteiger partial charge in [-0.05, 0) is 54.3 Å². The van der Waals surface area contributed by atoms with Crippen LogP contribution in [-0.4, -0.2) is 43.5 Å². The molecular weight excluding hydrogens is 392 g/mol. The van der Waals surface area contributed by atoms with Gasteiger partial charge in [0, 0.05) is 18.1 Å². The van der Waals surface area contributed by atoms with Crippen LogP contribution >= 0.6 is 11.6 Å². The maximum absolute atomic E-state index is 13.1. The summed E-state index contributed by atoms with van der Waals surface area (Å²) >= 11 is 6.20. The molecular formula is C22H23ClN2O4. The number of nitrogens with zero attached hydrogens (tertiary/aromatic N) is 2. The third-order valence-corrected chi connectivity index (χ3v) is 6.13. The van der Waals surface area contributed by atoms with Gasteiger partial charge in [-0.3, -0.25) is 14.5 Å². The van der Waals surface area contributed by atoms with Crippen LogP contribution < -0.4 is 14.4 Å². The largest absolute Gasteiger partial charge is 0.493 e. The number of amides is 2. The number of aryl methyl sites for hydroxylation is 1. The van der Waals surface area contributed by atoms with Gasteiger partial charge < -0.3 is 9.47 Å². The normalized spacial score (nSPS) is 19.4. The number of hydrogen-bond acceptors (Lipinski definition) is 5. The molecule has 0 bridgehead atoms. The minimum absolute atomic E-state index is 0.174. The molecule has 2 amide bonds. The third-order valence-electron chi connectivity index (χ3n) is 5.72. The van der Waals surface area contributed by atoms with Crippen molar-refractivity contribution in [2.75, 3.05) is 25.7 Å². The van der Waals surface area contributed by atoms with Gasteiger partial charge in [0.1, 0.15) is 0 Å². The van der Waals surface area contributed by atoms with Gasteiger partial charge in [-0.25, -0.2) is 4.90 Å². The summed E-state index contributed by atoms with van der Waals surface area (Å²) in [5.74, 6) is 0.976. The van der Waals surface area contributed by atoms with E-state index in [4.69, 9.17) is 21.1 Å². The van der Waals surface area contributed by atoms with Gasteiger partial charge in [0.05, 0.1) is 32.4 Å². The lowest BCUT2D eigenvalue weighted by Crippen LogP contribution is -2.44. The number of imide groups is 1. The molecule has 0 spiro atoms. The van der Waals surface area contributed by atoms with Crippen molar-refractivity contribution in [2.24, 2.45) is 0 Å². The molecule has 6 nitrogen and oxygen atoms in total. The molecule has 1 atom stereocenters. The molecule has 2 aliphatic heterocycles. The Hall–Kier alpha value is -2.57. The van der Waals surface area contributed by atoms with E-state index in [2.05, 4.69) is 4.90 Å². The molecule has 0 radical (unpaired) electrons. The number of hydrogen-bond donors (Lipinski definition) is 0. The lowest BCUT2D eigenvalue weighted by Gasteiger charge is -2.32. The third kappa shape index (κ3) is 3.47. The fourth-order valence-electron chi connectivity index (χ4n) is 4.06. The van der Waals surface area contributed by atoms with E-state index in [0.29, 0.717) is 35.3 Å². The molecule has 1 fully saturated rings. The zero-order valence-electron chi connectivity index (χ0n) is 16.7. The highest BCUT2D eigenvalue weighted by atomic mass is 35.5. The van der Waals surface area contributed by atoms with Gasteiger partial charge >= 0.3 is 0 Å². The van der Waals surface area contributed by atoms with Gasteiger partial charge in [-0.2, -0.15) is 0 Å². The number of benzene rings is 2. The highest BCUT2D eigenvalue weighted by Crippen LogP contribution is 2.35. The Bertz CT molecular complexity index is 991. The number of ether oxygens (including phenoxy) is 2. The molecule has 4 rings (SSSR count). The first kappa shape index (κ1) is 19.7. The monoisotopic (exact) mass is 414 g/mol. The molecule has 1 unspecified atom stereocenters. The molecule has 2 aromatic carbocycles. The summed E-state index contributed by atoms with van der Waals surface area (Å²) in [5, 5.41) is 0.541. The van der Waals surface area contributed by atoms with E-state index >= 15 is 0 Å². The summed E-state index contributed by atoms with van der Waals surface area (Å²) in [6, 6.07) is 8.75. The first-order valence-corrected chi connectivity index (χ1v) is 9.91. The van der Waals surface area contributed by atoms with Crippen molar-refractivity contribution in [2.45, 2.75) is 32.4 Å². The summed E-state index contributed by atoms with van der Waals surface area (Å²) in [6.07, 6.45) is 0.955. The van der Waals surface area contributed by atoms with E-state index in [0.717, 1.165) is 17.5 Å². The molecule has 7 heteroatoms. The van der Waals surface area contributed by atoms with E-state index < -0.39 is 6.04 Å². The predicted octanol–water partition coefficient (Wildman–Crippen LogP) is 3.36. The van der Waals surface area contributed by atoms with E-state index in [9.17, 15) is 9.59 Å². The number of methoxy groups -OCH3 is 2. The van der Waals surface area contributed by atoms with Crippen LogP contribution in [0.4, 0.5) is 5.69 Å². The van der Waals surface area contributed by atoms with Crippen LogP contribution in [0.3, 0.4) is 0 Å². The molecule has 0 aliphatic carbocycles. The second kappa shape index (κ2) is 7.69. The van der Waals surface area contributed by atoms with Crippen LogP contribution in [0.1, 0.15) is 23.1 Å². The first-order valence-electron chi connectivity index (χ1n) is 9.53. The lowest BCUT2D eigenvalue weighted by molar-refractivity contribution is -0.123. The van der Waals surface area contributed by atoms with Crippen molar-refractivity contribution < 1.29 is 19.1 Å². The van der Waals surface area contributed by atoms with Gasteiger partial charge in [0.25, 0.3) is 5.91 Å². The molecule has 2 heterocycles. The maximum Gasteiger partial charge on any atom is 0.251 e. The standard InChI is InChI=1S/C22H23ClN2O4/c1-13-4-5-16(10-17(13)23)25-21(26)11-18(22(25)27)24-7-6-14-8-19(28-2)20(29-3)9-15(14)12-24/h4-5,8-10,18H,6-7,11-12H2,1-3H3. The van der Waals surface area contributed by atoms with Crippen molar-refractivity contribution in [1.82, 2.24) is 4.90 Å². The summed E-state index contributed by atoms with van der Waals surface area (Å²) in [7, 11) is 3.22. The predicted molar refractivity (Wildman–Crippen MR) is 111 cm³/mol. The van der Waals surface area contributed by atoms with Gasteiger partial charge in [-0.1, -0.05) is 17.7 Å². The van der Waals surface area contributed by atoms with Crippen molar-refractivity contribution in [1.29, 1.82) is 0 Å². The Kier molecular flexibility index (Phi) is 5.23.